The summed E-state index contributed by atoms with van der Waals surface area (Å²) in [5.41, 5.74) is 1.79. The van der Waals surface area contributed by atoms with Crippen LogP contribution in [0.3, 0.4) is 0 Å². The summed E-state index contributed by atoms with van der Waals surface area (Å²) in [6.07, 6.45) is 0. The van der Waals surface area contributed by atoms with Crippen LogP contribution in [0.5, 0.6) is 11.5 Å². The summed E-state index contributed by atoms with van der Waals surface area (Å²) in [4.78, 5) is 12.1. The Morgan fingerprint density at radius 1 is 1.04 bits per heavy atom. The number of nitrogens with one attached hydrogen (secondary N) is 1. The van der Waals surface area contributed by atoms with Crippen molar-refractivity contribution in [2.24, 2.45) is 0 Å². The molecule has 1 N–H and O–H groups in total. The minimum atomic E-state index is -0.112. The van der Waals surface area contributed by atoms with Gasteiger partial charge in [-0.2, -0.15) is 0 Å². The van der Waals surface area contributed by atoms with Crippen molar-refractivity contribution in [3.63, 3.8) is 0 Å². The second-order valence-electron chi connectivity index (χ2n) is 5.75. The minimum absolute atomic E-state index is 0.112. The Morgan fingerprint density at radius 2 is 1.75 bits per heavy atom. The third kappa shape index (κ3) is 5.01. The summed E-state index contributed by atoms with van der Waals surface area (Å²) in [6, 6.07) is 15.1. The van der Waals surface area contributed by atoms with Crippen LogP contribution in [-0.2, 0) is 0 Å². The number of rotatable bonds is 8. The Hall–Kier alpha value is -2.49. The number of benzene rings is 2. The molecule has 0 fully saturated rings. The molecule has 2 aromatic rings. The van der Waals surface area contributed by atoms with E-state index in [9.17, 15) is 4.79 Å². The lowest BCUT2D eigenvalue weighted by Gasteiger charge is -2.14. The molecule has 0 saturated heterocycles. The van der Waals surface area contributed by atoms with Gasteiger partial charge in [0.1, 0.15) is 18.1 Å². The second kappa shape index (κ2) is 8.96. The predicted molar refractivity (Wildman–Crippen MR) is 96.0 cm³/mol. The van der Waals surface area contributed by atoms with Gasteiger partial charge in [0.25, 0.3) is 5.91 Å². The van der Waals surface area contributed by atoms with Crippen LogP contribution >= 0.6 is 0 Å². The summed E-state index contributed by atoms with van der Waals surface area (Å²) >= 11 is 0. The molecule has 0 aliphatic heterocycles. The highest BCUT2D eigenvalue weighted by Gasteiger charge is 2.08. The van der Waals surface area contributed by atoms with Crippen molar-refractivity contribution in [2.75, 3.05) is 19.8 Å². The van der Waals surface area contributed by atoms with Crippen molar-refractivity contribution in [3.8, 4) is 11.5 Å². The van der Waals surface area contributed by atoms with E-state index in [1.807, 2.05) is 25.1 Å². The number of ether oxygens (including phenoxy) is 2. The lowest BCUT2D eigenvalue weighted by molar-refractivity contribution is 0.0947. The largest absolute Gasteiger partial charge is 0.494 e. The van der Waals surface area contributed by atoms with Gasteiger partial charge in [0.15, 0.2) is 0 Å². The fourth-order valence-electron chi connectivity index (χ4n) is 2.39. The van der Waals surface area contributed by atoms with Crippen LogP contribution in [-0.4, -0.2) is 25.7 Å². The van der Waals surface area contributed by atoms with E-state index in [1.54, 1.807) is 24.3 Å². The van der Waals surface area contributed by atoms with Crippen molar-refractivity contribution < 1.29 is 14.3 Å². The van der Waals surface area contributed by atoms with Gasteiger partial charge in [-0.05, 0) is 48.7 Å². The third-order valence-corrected chi connectivity index (χ3v) is 3.61. The fourth-order valence-corrected chi connectivity index (χ4v) is 2.39. The van der Waals surface area contributed by atoms with E-state index >= 15 is 0 Å². The molecule has 0 unspecified atom stereocenters. The molecule has 24 heavy (non-hydrogen) atoms. The maximum Gasteiger partial charge on any atom is 0.251 e. The quantitative estimate of drug-likeness (QED) is 0.745. The van der Waals surface area contributed by atoms with Crippen molar-refractivity contribution in [2.45, 2.75) is 26.7 Å². The summed E-state index contributed by atoms with van der Waals surface area (Å²) in [5, 5.41) is 2.86. The SMILES string of the molecule is CCOc1ccc(C(=O)NCCOc2ccccc2C(C)C)cc1. The molecule has 128 valence electrons. The molecule has 4 heteroatoms. The van der Waals surface area contributed by atoms with Gasteiger partial charge in [0.2, 0.25) is 0 Å². The van der Waals surface area contributed by atoms with E-state index in [0.717, 1.165) is 11.5 Å². The summed E-state index contributed by atoms with van der Waals surface area (Å²) in [7, 11) is 0. The van der Waals surface area contributed by atoms with E-state index in [-0.39, 0.29) is 5.91 Å². The molecular weight excluding hydrogens is 302 g/mol. The lowest BCUT2D eigenvalue weighted by Crippen LogP contribution is -2.28. The molecular formula is C20H25NO3. The molecule has 0 spiro atoms. The predicted octanol–water partition coefficient (Wildman–Crippen LogP) is 4.02. The minimum Gasteiger partial charge on any atom is -0.494 e. The molecule has 2 rings (SSSR count). The van der Waals surface area contributed by atoms with Crippen LogP contribution in [0.2, 0.25) is 0 Å². The molecule has 0 aromatic heterocycles. The van der Waals surface area contributed by atoms with Gasteiger partial charge in [-0.25, -0.2) is 0 Å². The van der Waals surface area contributed by atoms with Crippen LogP contribution in [0.25, 0.3) is 0 Å². The number of hydrogen-bond acceptors (Lipinski definition) is 3. The zero-order valence-corrected chi connectivity index (χ0v) is 14.5. The smallest absolute Gasteiger partial charge is 0.251 e. The Labute approximate surface area is 143 Å². The van der Waals surface area contributed by atoms with Crippen LogP contribution in [0, 0.1) is 0 Å². The molecule has 0 saturated carbocycles. The van der Waals surface area contributed by atoms with Crippen LogP contribution in [0.4, 0.5) is 0 Å². The highest BCUT2D eigenvalue weighted by Crippen LogP contribution is 2.25. The Bertz CT molecular complexity index is 650. The van der Waals surface area contributed by atoms with Gasteiger partial charge in [-0.1, -0.05) is 32.0 Å². The molecule has 0 atom stereocenters. The normalized spacial score (nSPS) is 10.5. The van der Waals surface area contributed by atoms with Crippen LogP contribution < -0.4 is 14.8 Å². The van der Waals surface area contributed by atoms with E-state index in [4.69, 9.17) is 9.47 Å². The summed E-state index contributed by atoms with van der Waals surface area (Å²) < 4.78 is 11.2. The van der Waals surface area contributed by atoms with Crippen LogP contribution in [0.1, 0.15) is 42.6 Å². The average Bonchev–Trinajstić information content (AvgIpc) is 2.59. The topological polar surface area (TPSA) is 47.6 Å². The van der Waals surface area contributed by atoms with Gasteiger partial charge in [-0.3, -0.25) is 4.79 Å². The first-order valence-corrected chi connectivity index (χ1v) is 8.34. The lowest BCUT2D eigenvalue weighted by atomic mass is 10.0. The van der Waals surface area contributed by atoms with E-state index in [1.165, 1.54) is 5.56 Å². The maximum atomic E-state index is 12.1. The van der Waals surface area contributed by atoms with Gasteiger partial charge < -0.3 is 14.8 Å². The molecule has 0 bridgehead atoms. The number of carbonyl (C=O) groups excluding carboxylic acids is 1. The van der Waals surface area contributed by atoms with Crippen molar-refractivity contribution in [3.05, 3.63) is 59.7 Å². The van der Waals surface area contributed by atoms with Gasteiger partial charge >= 0.3 is 0 Å². The van der Waals surface area contributed by atoms with E-state index < -0.39 is 0 Å². The second-order valence-corrected chi connectivity index (χ2v) is 5.75. The van der Waals surface area contributed by atoms with Gasteiger partial charge in [-0.15, -0.1) is 0 Å². The monoisotopic (exact) mass is 327 g/mol. The van der Waals surface area contributed by atoms with E-state index in [0.29, 0.717) is 31.2 Å². The highest BCUT2D eigenvalue weighted by atomic mass is 16.5. The van der Waals surface area contributed by atoms with Crippen LogP contribution in [0.15, 0.2) is 48.5 Å². The number of carbonyl (C=O) groups is 1. The first kappa shape index (κ1) is 17.9. The first-order valence-electron chi connectivity index (χ1n) is 8.34. The number of amides is 1. The molecule has 2 aromatic carbocycles. The summed E-state index contributed by atoms with van der Waals surface area (Å²) in [5.74, 6) is 1.93. The van der Waals surface area contributed by atoms with Crippen molar-refractivity contribution in [1.82, 2.24) is 5.32 Å². The van der Waals surface area contributed by atoms with E-state index in [2.05, 4.69) is 25.2 Å². The maximum absolute atomic E-state index is 12.1. The Balaban J connectivity index is 1.81. The Morgan fingerprint density at radius 3 is 2.42 bits per heavy atom. The summed E-state index contributed by atoms with van der Waals surface area (Å²) in [6.45, 7) is 7.70. The molecule has 0 aliphatic rings. The van der Waals surface area contributed by atoms with Crippen molar-refractivity contribution >= 4 is 5.91 Å². The standard InChI is InChI=1S/C20H25NO3/c1-4-23-17-11-9-16(10-12-17)20(22)21-13-14-24-19-8-6-5-7-18(19)15(2)3/h5-12,15H,4,13-14H2,1-3H3,(H,21,22). The highest BCUT2D eigenvalue weighted by molar-refractivity contribution is 5.94. The average molecular weight is 327 g/mol. The Kier molecular flexibility index (Phi) is 6.67. The molecule has 0 aliphatic carbocycles. The molecule has 4 nitrogen and oxygen atoms in total. The molecule has 1 amide bonds. The van der Waals surface area contributed by atoms with Gasteiger partial charge in [0, 0.05) is 5.56 Å². The zero-order chi connectivity index (χ0) is 17.4. The number of hydrogen-bond donors (Lipinski definition) is 1. The molecule has 0 heterocycles. The third-order valence-electron chi connectivity index (χ3n) is 3.61. The zero-order valence-electron chi connectivity index (χ0n) is 14.5. The first-order chi connectivity index (χ1) is 11.6. The molecule has 0 radical (unpaired) electrons. The van der Waals surface area contributed by atoms with Gasteiger partial charge in [0.05, 0.1) is 13.2 Å². The van der Waals surface area contributed by atoms with Crippen molar-refractivity contribution in [1.29, 1.82) is 0 Å². The fraction of sp³-hybridized carbons (Fsp3) is 0.350. The number of para-hydroxylation sites is 1.